The molecule has 0 aliphatic carbocycles. The van der Waals surface area contributed by atoms with E-state index < -0.39 is 0 Å². The van der Waals surface area contributed by atoms with E-state index in [1.54, 1.807) is 6.07 Å². The average molecular weight is 383 g/mol. The Morgan fingerprint density at radius 2 is 2.05 bits per heavy atom. The van der Waals surface area contributed by atoms with Crippen LogP contribution in [-0.2, 0) is 0 Å². The Kier molecular flexibility index (Phi) is 5.26. The maximum absolute atomic E-state index is 13.2. The molecular formula is C13H11BrCl2FNS. The molecule has 2 rings (SSSR count). The molecule has 0 aliphatic rings. The van der Waals surface area contributed by atoms with Gasteiger partial charge in [-0.05, 0) is 30.3 Å². The molecule has 0 bridgehead atoms. The second-order valence-electron chi connectivity index (χ2n) is 3.94. The standard InChI is InChI=1S/C13H11BrCl2FNS/c1-2-18-12(9-6-11(15)19-13(9)16)8-4-3-7(17)5-10(8)14/h3-6,12,18H,2H2,1H3. The van der Waals surface area contributed by atoms with Crippen LogP contribution in [0, 0.1) is 5.82 Å². The van der Waals surface area contributed by atoms with E-state index in [9.17, 15) is 4.39 Å². The summed E-state index contributed by atoms with van der Waals surface area (Å²) < 4.78 is 15.2. The van der Waals surface area contributed by atoms with Gasteiger partial charge in [0.05, 0.1) is 14.7 Å². The Bertz CT molecular complexity index is 588. The molecule has 6 heteroatoms. The molecule has 0 fully saturated rings. The van der Waals surface area contributed by atoms with Gasteiger partial charge in [0.1, 0.15) is 5.82 Å². The van der Waals surface area contributed by atoms with Gasteiger partial charge in [-0.15, -0.1) is 11.3 Å². The third-order valence-electron chi connectivity index (χ3n) is 2.68. The van der Waals surface area contributed by atoms with Crippen molar-refractivity contribution in [1.82, 2.24) is 5.32 Å². The number of nitrogens with one attached hydrogen (secondary N) is 1. The first-order valence-electron chi connectivity index (χ1n) is 5.66. The first-order valence-corrected chi connectivity index (χ1v) is 8.02. The minimum absolute atomic E-state index is 0.115. The van der Waals surface area contributed by atoms with E-state index in [0.29, 0.717) is 13.1 Å². The smallest absolute Gasteiger partial charge is 0.124 e. The molecule has 0 radical (unpaired) electrons. The quantitative estimate of drug-likeness (QED) is 0.719. The lowest BCUT2D eigenvalue weighted by Crippen LogP contribution is -2.22. The van der Waals surface area contributed by atoms with Crippen LogP contribution in [0.3, 0.4) is 0 Å². The molecule has 0 aliphatic heterocycles. The lowest BCUT2D eigenvalue weighted by atomic mass is 10.0. The van der Waals surface area contributed by atoms with Crippen molar-refractivity contribution in [2.24, 2.45) is 0 Å². The fourth-order valence-electron chi connectivity index (χ4n) is 1.88. The number of thiophene rings is 1. The molecule has 0 saturated heterocycles. The first-order chi connectivity index (χ1) is 9.02. The van der Waals surface area contributed by atoms with Crippen molar-refractivity contribution in [3.63, 3.8) is 0 Å². The molecule has 1 atom stereocenters. The molecule has 1 unspecified atom stereocenters. The molecule has 0 spiro atoms. The Labute approximate surface area is 133 Å². The third kappa shape index (κ3) is 3.50. The van der Waals surface area contributed by atoms with Crippen LogP contribution in [0.5, 0.6) is 0 Å². The Hall–Kier alpha value is -0.130. The van der Waals surface area contributed by atoms with E-state index in [2.05, 4.69) is 21.2 Å². The van der Waals surface area contributed by atoms with E-state index in [-0.39, 0.29) is 11.9 Å². The number of benzene rings is 1. The van der Waals surface area contributed by atoms with Crippen molar-refractivity contribution in [3.8, 4) is 0 Å². The van der Waals surface area contributed by atoms with Crippen molar-refractivity contribution in [2.45, 2.75) is 13.0 Å². The molecule has 19 heavy (non-hydrogen) atoms. The summed E-state index contributed by atoms with van der Waals surface area (Å²) >= 11 is 16.9. The van der Waals surface area contributed by atoms with Gasteiger partial charge in [0, 0.05) is 10.0 Å². The summed E-state index contributed by atoms with van der Waals surface area (Å²) in [7, 11) is 0. The maximum Gasteiger partial charge on any atom is 0.124 e. The summed E-state index contributed by atoms with van der Waals surface area (Å²) in [4.78, 5) is 0. The van der Waals surface area contributed by atoms with Crippen LogP contribution in [0.25, 0.3) is 0 Å². The SMILES string of the molecule is CCNC(c1ccc(F)cc1Br)c1cc(Cl)sc1Cl. The molecule has 1 N–H and O–H groups in total. The normalized spacial score (nSPS) is 12.7. The highest BCUT2D eigenvalue weighted by Gasteiger charge is 2.21. The highest BCUT2D eigenvalue weighted by Crippen LogP contribution is 2.39. The number of halogens is 4. The summed E-state index contributed by atoms with van der Waals surface area (Å²) in [5.74, 6) is -0.277. The van der Waals surface area contributed by atoms with Gasteiger partial charge in [-0.25, -0.2) is 4.39 Å². The van der Waals surface area contributed by atoms with Crippen molar-refractivity contribution in [1.29, 1.82) is 0 Å². The zero-order valence-corrected chi connectivity index (χ0v) is 13.9. The highest BCUT2D eigenvalue weighted by molar-refractivity contribution is 9.10. The predicted molar refractivity (Wildman–Crippen MR) is 84.0 cm³/mol. The van der Waals surface area contributed by atoms with Gasteiger partial charge in [0.2, 0.25) is 0 Å². The highest BCUT2D eigenvalue weighted by atomic mass is 79.9. The summed E-state index contributed by atoms with van der Waals surface area (Å²) in [5, 5.41) is 3.34. The average Bonchev–Trinajstić information content (AvgIpc) is 2.66. The molecular weight excluding hydrogens is 372 g/mol. The summed E-state index contributed by atoms with van der Waals surface area (Å²) in [6, 6.07) is 6.36. The van der Waals surface area contributed by atoms with Crippen LogP contribution >= 0.6 is 50.5 Å². The molecule has 2 aromatic rings. The van der Waals surface area contributed by atoms with Crippen LogP contribution in [0.15, 0.2) is 28.7 Å². The van der Waals surface area contributed by atoms with Gasteiger partial charge < -0.3 is 5.32 Å². The Morgan fingerprint density at radius 1 is 1.32 bits per heavy atom. The zero-order chi connectivity index (χ0) is 14.0. The lowest BCUT2D eigenvalue weighted by Gasteiger charge is -2.19. The number of rotatable bonds is 4. The van der Waals surface area contributed by atoms with Crippen molar-refractivity contribution in [3.05, 3.63) is 54.4 Å². The van der Waals surface area contributed by atoms with Gasteiger partial charge >= 0.3 is 0 Å². The van der Waals surface area contributed by atoms with E-state index in [1.165, 1.54) is 23.5 Å². The van der Waals surface area contributed by atoms with E-state index in [4.69, 9.17) is 23.2 Å². The fraction of sp³-hybridized carbons (Fsp3) is 0.231. The van der Waals surface area contributed by atoms with E-state index in [1.807, 2.05) is 13.0 Å². The molecule has 0 saturated carbocycles. The summed E-state index contributed by atoms with van der Waals surface area (Å²) in [6.07, 6.45) is 0. The van der Waals surface area contributed by atoms with Crippen LogP contribution in [-0.4, -0.2) is 6.54 Å². The van der Waals surface area contributed by atoms with Gasteiger partial charge in [-0.1, -0.05) is 52.1 Å². The van der Waals surface area contributed by atoms with Gasteiger partial charge in [0.25, 0.3) is 0 Å². The predicted octanol–water partition coefficient (Wildman–Crippen LogP) is 5.66. The lowest BCUT2D eigenvalue weighted by molar-refractivity contribution is 0.612. The first kappa shape index (κ1) is 15.3. The summed E-state index contributed by atoms with van der Waals surface area (Å²) in [6.45, 7) is 2.77. The Morgan fingerprint density at radius 3 is 2.58 bits per heavy atom. The fourth-order valence-corrected chi connectivity index (χ4v) is 3.99. The van der Waals surface area contributed by atoms with Gasteiger partial charge in [-0.3, -0.25) is 0 Å². The Balaban J connectivity index is 2.48. The molecule has 1 aromatic carbocycles. The second-order valence-corrected chi connectivity index (χ2v) is 7.08. The van der Waals surface area contributed by atoms with Crippen LogP contribution in [0.4, 0.5) is 4.39 Å². The van der Waals surface area contributed by atoms with Crippen LogP contribution in [0.1, 0.15) is 24.1 Å². The minimum Gasteiger partial charge on any atom is -0.306 e. The maximum atomic E-state index is 13.2. The zero-order valence-electron chi connectivity index (χ0n) is 10.0. The van der Waals surface area contributed by atoms with Crippen molar-refractivity contribution in [2.75, 3.05) is 6.54 Å². The summed E-state index contributed by atoms with van der Waals surface area (Å²) in [5.41, 5.74) is 1.84. The van der Waals surface area contributed by atoms with E-state index in [0.717, 1.165) is 17.7 Å². The van der Waals surface area contributed by atoms with Crippen molar-refractivity contribution < 1.29 is 4.39 Å². The number of hydrogen-bond donors (Lipinski definition) is 1. The largest absolute Gasteiger partial charge is 0.306 e. The monoisotopic (exact) mass is 381 g/mol. The molecule has 102 valence electrons. The molecule has 1 nitrogen and oxygen atoms in total. The number of hydrogen-bond acceptors (Lipinski definition) is 2. The molecule has 1 aromatic heterocycles. The van der Waals surface area contributed by atoms with Gasteiger partial charge in [0.15, 0.2) is 0 Å². The second kappa shape index (κ2) is 6.55. The molecule has 1 heterocycles. The molecule has 0 amide bonds. The topological polar surface area (TPSA) is 12.0 Å². The third-order valence-corrected chi connectivity index (χ3v) is 4.88. The van der Waals surface area contributed by atoms with Crippen LogP contribution in [0.2, 0.25) is 8.67 Å². The van der Waals surface area contributed by atoms with E-state index >= 15 is 0 Å². The van der Waals surface area contributed by atoms with Crippen LogP contribution < -0.4 is 5.32 Å². The minimum atomic E-state index is -0.277. The van der Waals surface area contributed by atoms with Gasteiger partial charge in [-0.2, -0.15) is 0 Å². The van der Waals surface area contributed by atoms with Crippen molar-refractivity contribution >= 4 is 50.5 Å².